The van der Waals surface area contributed by atoms with Crippen LogP contribution in [0, 0.1) is 5.92 Å². The van der Waals surface area contributed by atoms with Gasteiger partial charge in [-0.1, -0.05) is 25.5 Å². The quantitative estimate of drug-likeness (QED) is 0.470. The zero-order valence-corrected chi connectivity index (χ0v) is 15.1. The third kappa shape index (κ3) is 7.55. The second-order valence-electron chi connectivity index (χ2n) is 5.28. The average molecular weight is 304 g/mol. The summed E-state index contributed by atoms with van der Waals surface area (Å²) >= 11 is 0. The van der Waals surface area contributed by atoms with Crippen LogP contribution in [0.1, 0.15) is 48.0 Å². The molecule has 0 saturated carbocycles. The van der Waals surface area contributed by atoms with Crippen LogP contribution in [0.15, 0.2) is 11.6 Å². The highest BCUT2D eigenvalue weighted by atomic mass is 28.4. The van der Waals surface area contributed by atoms with E-state index in [0.29, 0.717) is 25.7 Å². The molecule has 0 heterocycles. The molecule has 2 N–H and O–H groups in total. The minimum absolute atomic E-state index is 0.0469. The summed E-state index contributed by atoms with van der Waals surface area (Å²) in [6.45, 7) is 14.2. The molecule has 0 spiro atoms. The summed E-state index contributed by atoms with van der Waals surface area (Å²) < 4.78 is 17.5. The van der Waals surface area contributed by atoms with Crippen molar-refractivity contribution in [2.24, 2.45) is 11.7 Å². The van der Waals surface area contributed by atoms with E-state index >= 15 is 0 Å². The minimum Gasteiger partial charge on any atom is -0.374 e. The van der Waals surface area contributed by atoms with Crippen LogP contribution in [0.3, 0.4) is 0 Å². The van der Waals surface area contributed by atoms with E-state index in [1.807, 2.05) is 20.8 Å². The molecule has 0 aliphatic carbocycles. The highest BCUT2D eigenvalue weighted by Crippen LogP contribution is 2.21. The number of nitrogens with two attached hydrogens (primary N) is 1. The van der Waals surface area contributed by atoms with Crippen molar-refractivity contribution in [3.05, 3.63) is 11.6 Å². The predicted molar refractivity (Wildman–Crippen MR) is 86.6 cm³/mol. The molecule has 4 nitrogen and oxygen atoms in total. The van der Waals surface area contributed by atoms with Gasteiger partial charge in [-0.3, -0.25) is 0 Å². The van der Waals surface area contributed by atoms with E-state index in [4.69, 9.17) is 19.0 Å². The fourth-order valence-electron chi connectivity index (χ4n) is 2.21. The molecule has 0 rings (SSSR count). The lowest BCUT2D eigenvalue weighted by molar-refractivity contribution is 0.0705. The molecule has 0 saturated heterocycles. The number of hydrogen-bond acceptors (Lipinski definition) is 4. The standard InChI is InChI=1S/C15H33NO3Si/c1-7-17-20(18-8-2,19-9-3)11-10-15(16)14(6)12-13(4)5/h12-13,15H,7-11,16H2,1-6H3. The van der Waals surface area contributed by atoms with Crippen molar-refractivity contribution in [1.82, 2.24) is 0 Å². The Balaban J connectivity index is 4.65. The van der Waals surface area contributed by atoms with Gasteiger partial charge in [0.1, 0.15) is 0 Å². The summed E-state index contributed by atoms with van der Waals surface area (Å²) in [6, 6.07) is 0.818. The van der Waals surface area contributed by atoms with E-state index in [1.165, 1.54) is 5.57 Å². The van der Waals surface area contributed by atoms with Crippen LogP contribution in [-0.2, 0) is 13.3 Å². The normalized spacial score (nSPS) is 14.9. The molecule has 5 heteroatoms. The van der Waals surface area contributed by atoms with E-state index in [2.05, 4.69) is 26.8 Å². The first-order chi connectivity index (χ1) is 9.40. The largest absolute Gasteiger partial charge is 0.500 e. The summed E-state index contributed by atoms with van der Waals surface area (Å²) in [6.07, 6.45) is 3.05. The Bertz CT molecular complexity index is 265. The molecule has 20 heavy (non-hydrogen) atoms. The van der Waals surface area contributed by atoms with Crippen molar-refractivity contribution in [2.75, 3.05) is 19.8 Å². The van der Waals surface area contributed by atoms with Gasteiger partial charge in [0.2, 0.25) is 0 Å². The van der Waals surface area contributed by atoms with Gasteiger partial charge in [0.15, 0.2) is 0 Å². The van der Waals surface area contributed by atoms with Gasteiger partial charge in [-0.25, -0.2) is 0 Å². The van der Waals surface area contributed by atoms with Crippen LogP contribution >= 0.6 is 0 Å². The Kier molecular flexibility index (Phi) is 10.4. The van der Waals surface area contributed by atoms with Gasteiger partial charge in [-0.2, -0.15) is 0 Å². The molecule has 0 aliphatic rings. The Morgan fingerprint density at radius 3 is 1.85 bits per heavy atom. The topological polar surface area (TPSA) is 53.7 Å². The number of hydrogen-bond donors (Lipinski definition) is 1. The average Bonchev–Trinajstić information content (AvgIpc) is 2.36. The SMILES string of the molecule is CCO[Si](CCC(N)C(C)=CC(C)C)(OCC)OCC. The lowest BCUT2D eigenvalue weighted by Crippen LogP contribution is -2.47. The molecule has 120 valence electrons. The van der Waals surface area contributed by atoms with Crippen molar-refractivity contribution in [1.29, 1.82) is 0 Å². The first-order valence-electron chi connectivity index (χ1n) is 7.76. The summed E-state index contributed by atoms with van der Waals surface area (Å²) in [4.78, 5) is 0. The minimum atomic E-state index is -2.55. The van der Waals surface area contributed by atoms with Crippen molar-refractivity contribution < 1.29 is 13.3 Å². The van der Waals surface area contributed by atoms with Gasteiger partial charge in [-0.15, -0.1) is 0 Å². The van der Waals surface area contributed by atoms with Gasteiger partial charge in [0.25, 0.3) is 0 Å². The predicted octanol–water partition coefficient (Wildman–Crippen LogP) is 3.35. The highest BCUT2D eigenvalue weighted by molar-refractivity contribution is 6.60. The van der Waals surface area contributed by atoms with E-state index in [0.717, 1.165) is 12.5 Å². The number of rotatable bonds is 11. The second-order valence-corrected chi connectivity index (χ2v) is 8.01. The van der Waals surface area contributed by atoms with Gasteiger partial charge < -0.3 is 19.0 Å². The molecular weight excluding hydrogens is 270 g/mol. The summed E-state index contributed by atoms with van der Waals surface area (Å²) in [5.41, 5.74) is 7.48. The smallest absolute Gasteiger partial charge is 0.374 e. The van der Waals surface area contributed by atoms with E-state index in [1.54, 1.807) is 0 Å². The van der Waals surface area contributed by atoms with Crippen LogP contribution < -0.4 is 5.73 Å². The Morgan fingerprint density at radius 2 is 1.50 bits per heavy atom. The monoisotopic (exact) mass is 303 g/mol. The lowest BCUT2D eigenvalue weighted by atomic mass is 10.0. The molecule has 0 radical (unpaired) electrons. The van der Waals surface area contributed by atoms with Gasteiger partial charge in [-0.05, 0) is 40.0 Å². The van der Waals surface area contributed by atoms with E-state index in [9.17, 15) is 0 Å². The zero-order valence-electron chi connectivity index (χ0n) is 14.1. The Labute approximate surface area is 126 Å². The molecule has 0 aromatic carbocycles. The van der Waals surface area contributed by atoms with Crippen LogP contribution in [-0.4, -0.2) is 34.7 Å². The van der Waals surface area contributed by atoms with E-state index < -0.39 is 8.80 Å². The molecule has 0 amide bonds. The molecular formula is C15H33NO3Si. The van der Waals surface area contributed by atoms with Crippen molar-refractivity contribution in [3.63, 3.8) is 0 Å². The lowest BCUT2D eigenvalue weighted by Gasteiger charge is -2.29. The maximum Gasteiger partial charge on any atom is 0.500 e. The molecule has 0 aliphatic heterocycles. The molecule has 0 aromatic heterocycles. The van der Waals surface area contributed by atoms with Crippen LogP contribution in [0.25, 0.3) is 0 Å². The first kappa shape index (κ1) is 19.8. The Morgan fingerprint density at radius 1 is 1.05 bits per heavy atom. The third-order valence-electron chi connectivity index (χ3n) is 3.04. The molecule has 1 atom stereocenters. The second kappa shape index (κ2) is 10.5. The van der Waals surface area contributed by atoms with Crippen molar-refractivity contribution >= 4 is 8.80 Å². The summed E-state index contributed by atoms with van der Waals surface area (Å²) in [5, 5.41) is 0. The van der Waals surface area contributed by atoms with Gasteiger partial charge >= 0.3 is 8.80 Å². The third-order valence-corrected chi connectivity index (χ3v) is 6.12. The molecule has 0 fully saturated rings. The zero-order chi connectivity index (χ0) is 15.6. The van der Waals surface area contributed by atoms with Crippen LogP contribution in [0.4, 0.5) is 0 Å². The summed E-state index contributed by atoms with van der Waals surface area (Å²) in [5.74, 6) is 0.522. The first-order valence-corrected chi connectivity index (χ1v) is 9.69. The number of allylic oxidation sites excluding steroid dienone is 1. The maximum absolute atomic E-state index is 6.25. The maximum atomic E-state index is 6.25. The van der Waals surface area contributed by atoms with Gasteiger partial charge in [0, 0.05) is 31.9 Å². The molecule has 0 bridgehead atoms. The highest BCUT2D eigenvalue weighted by Gasteiger charge is 2.40. The van der Waals surface area contributed by atoms with Crippen LogP contribution in [0.5, 0.6) is 0 Å². The fourth-order valence-corrected chi connectivity index (χ4v) is 4.88. The van der Waals surface area contributed by atoms with E-state index in [-0.39, 0.29) is 6.04 Å². The van der Waals surface area contributed by atoms with Crippen molar-refractivity contribution in [3.8, 4) is 0 Å². The molecule has 1 unspecified atom stereocenters. The van der Waals surface area contributed by atoms with Crippen LogP contribution in [0.2, 0.25) is 6.04 Å². The summed E-state index contributed by atoms with van der Waals surface area (Å²) in [7, 11) is -2.55. The molecule has 0 aromatic rings. The van der Waals surface area contributed by atoms with Gasteiger partial charge in [0.05, 0.1) is 0 Å². The fraction of sp³-hybridized carbons (Fsp3) is 0.867. The van der Waals surface area contributed by atoms with Crippen molar-refractivity contribution in [2.45, 2.75) is 60.0 Å². The Hall–Kier alpha value is -0.203.